The minimum atomic E-state index is -1.86. The molecule has 10 aromatic rings. The number of hydrogen-bond donors (Lipinski definition) is 0. The highest BCUT2D eigenvalue weighted by Gasteiger charge is 2.35. The van der Waals surface area contributed by atoms with Crippen LogP contribution in [0.3, 0.4) is 0 Å². The van der Waals surface area contributed by atoms with Crippen molar-refractivity contribution < 1.29 is 0 Å². The van der Waals surface area contributed by atoms with Crippen LogP contribution < -0.4 is 20.7 Å². The summed E-state index contributed by atoms with van der Waals surface area (Å²) in [6.07, 6.45) is 2.03. The van der Waals surface area contributed by atoms with E-state index in [1.165, 1.54) is 98.4 Å². The summed E-state index contributed by atoms with van der Waals surface area (Å²) in [4.78, 5) is 0. The van der Waals surface area contributed by atoms with Gasteiger partial charge in [-0.05, 0) is 123 Å². The number of fused-ring (bicyclic) bond motifs is 15. The lowest BCUT2D eigenvalue weighted by Gasteiger charge is -2.34. The van der Waals surface area contributed by atoms with E-state index in [-0.39, 0.29) is 0 Å². The fourth-order valence-electron chi connectivity index (χ4n) is 11.3. The second-order valence-electron chi connectivity index (χ2n) is 18.0. The van der Waals surface area contributed by atoms with Gasteiger partial charge in [-0.25, -0.2) is 0 Å². The third kappa shape index (κ3) is 4.79. The first-order valence-corrected chi connectivity index (χ1v) is 26.9. The monoisotopic (exact) mass is 772 g/mol. The van der Waals surface area contributed by atoms with E-state index in [9.17, 15) is 0 Å². The third-order valence-electron chi connectivity index (χ3n) is 14.2. The Balaban J connectivity index is 1.10. The molecule has 12 rings (SSSR count). The molecule has 2 aliphatic heterocycles. The highest BCUT2D eigenvalue weighted by atomic mass is 28.3. The van der Waals surface area contributed by atoms with Crippen molar-refractivity contribution in [3.05, 3.63) is 192 Å². The van der Waals surface area contributed by atoms with Crippen LogP contribution in [0.1, 0.15) is 22.3 Å². The molecule has 0 aliphatic carbocycles. The summed E-state index contributed by atoms with van der Waals surface area (Å²) in [5.74, 6) is 0. The summed E-state index contributed by atoms with van der Waals surface area (Å²) in [6.45, 7) is 10.1. The van der Waals surface area contributed by atoms with Gasteiger partial charge in [0.2, 0.25) is 0 Å². The Hall–Kier alpha value is -6.07. The lowest BCUT2D eigenvalue weighted by Crippen LogP contribution is -2.58. The molecule has 2 aliphatic rings. The van der Waals surface area contributed by atoms with E-state index in [2.05, 4.69) is 196 Å². The van der Waals surface area contributed by atoms with E-state index in [1.54, 1.807) is 20.7 Å². The molecule has 0 N–H and O–H groups in total. The van der Waals surface area contributed by atoms with Crippen LogP contribution in [-0.4, -0.2) is 16.1 Å². The molecule has 0 aromatic heterocycles. The quantitative estimate of drug-likeness (QED) is 0.121. The molecule has 58 heavy (non-hydrogen) atoms. The van der Waals surface area contributed by atoms with Gasteiger partial charge in [-0.1, -0.05) is 205 Å². The average Bonchev–Trinajstić information content (AvgIpc) is 3.25. The Labute approximate surface area is 342 Å². The number of rotatable bonds is 2. The largest absolute Gasteiger partial charge is 0.112 e. The predicted octanol–water partition coefficient (Wildman–Crippen LogP) is 12.2. The molecule has 10 aromatic carbocycles. The topological polar surface area (TPSA) is 0 Å². The van der Waals surface area contributed by atoms with Crippen molar-refractivity contribution in [2.24, 2.45) is 0 Å². The first-order valence-electron chi connectivity index (χ1n) is 20.9. The maximum atomic E-state index is 2.54. The third-order valence-corrected chi connectivity index (χ3v) is 21.5. The van der Waals surface area contributed by atoms with Crippen LogP contribution >= 0.6 is 0 Å². The summed E-state index contributed by atoms with van der Waals surface area (Å²) in [6, 6.07) is 65.8. The summed E-state index contributed by atoms with van der Waals surface area (Å²) in [5, 5.41) is 19.6. The Morgan fingerprint density at radius 2 is 0.655 bits per heavy atom. The molecule has 2 heteroatoms. The van der Waals surface area contributed by atoms with Crippen LogP contribution in [0.25, 0.3) is 76.1 Å². The van der Waals surface area contributed by atoms with Crippen LogP contribution in [-0.2, 0) is 12.8 Å². The van der Waals surface area contributed by atoms with E-state index in [0.717, 1.165) is 12.8 Å². The van der Waals surface area contributed by atoms with Gasteiger partial charge < -0.3 is 0 Å². The van der Waals surface area contributed by atoms with Crippen molar-refractivity contribution in [1.29, 1.82) is 0 Å². The second kappa shape index (κ2) is 12.2. The van der Waals surface area contributed by atoms with Crippen LogP contribution in [0.5, 0.6) is 0 Å². The second-order valence-corrected chi connectivity index (χ2v) is 26.7. The van der Waals surface area contributed by atoms with Gasteiger partial charge in [-0.2, -0.15) is 0 Å². The Kier molecular flexibility index (Phi) is 7.17. The van der Waals surface area contributed by atoms with Crippen molar-refractivity contribution in [3.63, 3.8) is 0 Å². The minimum absolute atomic E-state index is 1.01. The molecule has 0 radical (unpaired) electrons. The lowest BCUT2D eigenvalue weighted by molar-refractivity contribution is 1.20. The SMILES string of the molecule is C[Si]1(C)c2ccccc2Cc2cc(-c3ccc4c5ccc(-c6ccc7c(c6)[Si](C)(C)c6ccccc6C7)cc5c5c6ccccc6c6ccccc6c5c4c3)ccc21. The average molecular weight is 773 g/mol. The molecule has 0 spiro atoms. The van der Waals surface area contributed by atoms with Crippen LogP contribution in [0, 0.1) is 0 Å². The molecule has 0 saturated carbocycles. The zero-order valence-corrected chi connectivity index (χ0v) is 35.6. The van der Waals surface area contributed by atoms with Gasteiger partial charge in [-0.15, -0.1) is 0 Å². The normalized spacial score (nSPS) is 15.0. The van der Waals surface area contributed by atoms with Crippen molar-refractivity contribution >= 4 is 90.8 Å². The maximum absolute atomic E-state index is 2.54. The van der Waals surface area contributed by atoms with Gasteiger partial charge in [0, 0.05) is 0 Å². The molecular weight excluding hydrogens is 729 g/mol. The Bertz CT molecular complexity index is 3400. The van der Waals surface area contributed by atoms with E-state index in [4.69, 9.17) is 0 Å². The zero-order valence-electron chi connectivity index (χ0n) is 33.6. The van der Waals surface area contributed by atoms with E-state index in [1.807, 2.05) is 0 Å². The van der Waals surface area contributed by atoms with Gasteiger partial charge in [0.25, 0.3) is 0 Å². The molecule has 0 fully saturated rings. The van der Waals surface area contributed by atoms with Gasteiger partial charge in [0.05, 0.1) is 0 Å². The molecule has 0 bridgehead atoms. The van der Waals surface area contributed by atoms with Crippen LogP contribution in [0.4, 0.5) is 0 Å². The van der Waals surface area contributed by atoms with Crippen LogP contribution in [0.15, 0.2) is 170 Å². The van der Waals surface area contributed by atoms with E-state index < -0.39 is 16.1 Å². The van der Waals surface area contributed by atoms with Crippen molar-refractivity contribution in [1.82, 2.24) is 0 Å². The lowest BCUT2D eigenvalue weighted by atomic mass is 9.85. The van der Waals surface area contributed by atoms with Gasteiger partial charge in [0.15, 0.2) is 0 Å². The molecule has 0 nitrogen and oxygen atoms in total. The van der Waals surface area contributed by atoms with Gasteiger partial charge in [-0.3, -0.25) is 0 Å². The standard InChI is InChI=1S/C56H44Si2/c1-57(2)51-19-11-6-14-40(51)31-42-29-35(25-28-53(42)57)36-23-26-45-46-27-24-37(38-21-22-41-30-39-13-5-12-20-52(39)58(3,4)54(41)34-38)33-50(46)56-48-18-10-8-16-44(48)43-15-7-9-17-47(43)55(56)49(45)32-36/h5-29,32-34H,30-31H2,1-4H3. The number of benzene rings is 10. The molecule has 0 amide bonds. The predicted molar refractivity (Wildman–Crippen MR) is 257 cm³/mol. The fraction of sp³-hybridized carbons (Fsp3) is 0.107. The highest BCUT2D eigenvalue weighted by Crippen LogP contribution is 2.46. The first kappa shape index (κ1) is 34.0. The summed E-state index contributed by atoms with van der Waals surface area (Å²) in [5.41, 5.74) is 11.2. The Morgan fingerprint density at radius 3 is 1.24 bits per heavy atom. The maximum Gasteiger partial charge on any atom is 0.112 e. The molecule has 0 saturated heterocycles. The highest BCUT2D eigenvalue weighted by molar-refractivity contribution is 7.01. The smallest absolute Gasteiger partial charge is 0.0623 e. The molecule has 0 atom stereocenters. The fourth-order valence-corrected chi connectivity index (χ4v) is 17.8. The van der Waals surface area contributed by atoms with Crippen LogP contribution in [0.2, 0.25) is 26.2 Å². The molecule has 0 unspecified atom stereocenters. The summed E-state index contributed by atoms with van der Waals surface area (Å²) >= 11 is 0. The summed E-state index contributed by atoms with van der Waals surface area (Å²) in [7, 11) is -3.64. The zero-order chi connectivity index (χ0) is 38.9. The van der Waals surface area contributed by atoms with Crippen molar-refractivity contribution in [3.8, 4) is 22.3 Å². The van der Waals surface area contributed by atoms with Gasteiger partial charge in [0.1, 0.15) is 16.1 Å². The summed E-state index contributed by atoms with van der Waals surface area (Å²) < 4.78 is 0. The number of hydrogen-bond acceptors (Lipinski definition) is 0. The van der Waals surface area contributed by atoms with Crippen molar-refractivity contribution in [2.75, 3.05) is 0 Å². The van der Waals surface area contributed by atoms with Gasteiger partial charge >= 0.3 is 0 Å². The van der Waals surface area contributed by atoms with E-state index >= 15 is 0 Å². The van der Waals surface area contributed by atoms with Crippen molar-refractivity contribution in [2.45, 2.75) is 39.0 Å². The molecule has 276 valence electrons. The minimum Gasteiger partial charge on any atom is -0.0623 e. The van der Waals surface area contributed by atoms with E-state index in [0.29, 0.717) is 0 Å². The molecule has 2 heterocycles. The first-order chi connectivity index (χ1) is 28.3. The molecular formula is C56H44Si2. The Morgan fingerprint density at radius 1 is 0.276 bits per heavy atom.